The van der Waals surface area contributed by atoms with Crippen molar-refractivity contribution < 1.29 is 19.1 Å². The van der Waals surface area contributed by atoms with Gasteiger partial charge in [0.15, 0.2) is 0 Å². The highest BCUT2D eigenvalue weighted by Gasteiger charge is 2.41. The minimum atomic E-state index is -0.929. The molecule has 1 aliphatic carbocycles. The third kappa shape index (κ3) is 7.49. The van der Waals surface area contributed by atoms with Crippen LogP contribution in [-0.2, 0) is 20.9 Å². The summed E-state index contributed by atoms with van der Waals surface area (Å²) in [7, 11) is 0. The van der Waals surface area contributed by atoms with Gasteiger partial charge in [0.1, 0.15) is 17.7 Å². The fourth-order valence-corrected chi connectivity index (χ4v) is 4.20. The molecule has 188 valence electrons. The molecule has 3 rings (SSSR count). The summed E-state index contributed by atoms with van der Waals surface area (Å²) in [6.45, 7) is 5.62. The van der Waals surface area contributed by atoms with Crippen molar-refractivity contribution >= 4 is 30.5 Å². The first kappa shape index (κ1) is 26.6. The fourth-order valence-electron chi connectivity index (χ4n) is 3.95. The molecule has 7 nitrogen and oxygen atoms in total. The van der Waals surface area contributed by atoms with Crippen LogP contribution in [0.3, 0.4) is 0 Å². The van der Waals surface area contributed by atoms with Gasteiger partial charge in [-0.2, -0.15) is 12.6 Å². The first-order valence-corrected chi connectivity index (χ1v) is 12.6. The van der Waals surface area contributed by atoms with Crippen molar-refractivity contribution in [3.63, 3.8) is 0 Å². The lowest BCUT2D eigenvalue weighted by molar-refractivity contribution is -0.147. The van der Waals surface area contributed by atoms with E-state index >= 15 is 0 Å². The van der Waals surface area contributed by atoms with Gasteiger partial charge in [-0.15, -0.1) is 0 Å². The number of carbonyl (C=O) groups excluding carboxylic acids is 3. The van der Waals surface area contributed by atoms with Gasteiger partial charge in [-0.25, -0.2) is 4.79 Å². The molecule has 1 fully saturated rings. The summed E-state index contributed by atoms with van der Waals surface area (Å²) < 4.78 is 5.35. The van der Waals surface area contributed by atoms with Crippen molar-refractivity contribution in [2.75, 3.05) is 5.75 Å². The molecule has 0 heterocycles. The molecule has 0 saturated heterocycles. The average Bonchev–Trinajstić information content (AvgIpc) is 2.79. The maximum absolute atomic E-state index is 13.8. The summed E-state index contributed by atoms with van der Waals surface area (Å²) in [5.41, 5.74) is 0.980. The number of nitrogens with zero attached hydrogens (tertiary/aromatic N) is 1. The molecule has 0 spiro atoms. The molecular formula is C27H35N3O4S. The molecule has 2 unspecified atom stereocenters. The van der Waals surface area contributed by atoms with Gasteiger partial charge in [0.05, 0.1) is 0 Å². The van der Waals surface area contributed by atoms with E-state index in [0.29, 0.717) is 12.1 Å². The molecule has 0 radical (unpaired) electrons. The fraction of sp³-hybridized carbons (Fsp3) is 0.444. The second-order valence-corrected chi connectivity index (χ2v) is 10.1. The number of thiol groups is 1. The van der Waals surface area contributed by atoms with Gasteiger partial charge in [-0.3, -0.25) is 9.59 Å². The van der Waals surface area contributed by atoms with Gasteiger partial charge in [-0.1, -0.05) is 60.7 Å². The molecule has 1 saturated carbocycles. The quantitative estimate of drug-likeness (QED) is 0.452. The van der Waals surface area contributed by atoms with Crippen LogP contribution in [0.25, 0.3) is 0 Å². The average molecular weight is 498 g/mol. The predicted molar refractivity (Wildman–Crippen MR) is 139 cm³/mol. The lowest BCUT2D eigenvalue weighted by Crippen LogP contribution is -2.58. The minimum Gasteiger partial charge on any atom is -0.444 e. The van der Waals surface area contributed by atoms with Crippen LogP contribution in [0.5, 0.6) is 0 Å². The van der Waals surface area contributed by atoms with Crippen molar-refractivity contribution in [3.8, 4) is 0 Å². The number of hydrogen-bond acceptors (Lipinski definition) is 5. The van der Waals surface area contributed by atoms with Crippen molar-refractivity contribution in [1.29, 1.82) is 0 Å². The van der Waals surface area contributed by atoms with Crippen molar-refractivity contribution in [2.45, 2.75) is 70.3 Å². The largest absolute Gasteiger partial charge is 0.444 e. The van der Waals surface area contributed by atoms with E-state index in [4.69, 9.17) is 4.74 Å². The number of carbonyl (C=O) groups is 3. The van der Waals surface area contributed by atoms with Gasteiger partial charge >= 0.3 is 6.09 Å². The monoisotopic (exact) mass is 497 g/mol. The van der Waals surface area contributed by atoms with Gasteiger partial charge in [-0.05, 0) is 51.2 Å². The third-order valence-electron chi connectivity index (χ3n) is 5.85. The Hall–Kier alpha value is -3.00. The molecule has 2 N–H and O–H groups in total. The highest BCUT2D eigenvalue weighted by Crippen LogP contribution is 2.33. The van der Waals surface area contributed by atoms with Crippen LogP contribution in [0, 0.1) is 0 Å². The van der Waals surface area contributed by atoms with Crippen LogP contribution >= 0.6 is 12.6 Å². The molecule has 0 bridgehead atoms. The summed E-state index contributed by atoms with van der Waals surface area (Å²) in [6, 6.07) is 17.0. The molecule has 2 aromatic rings. The Morgan fingerprint density at radius 2 is 1.63 bits per heavy atom. The number of hydrogen-bond donors (Lipinski definition) is 3. The maximum Gasteiger partial charge on any atom is 0.408 e. The molecule has 0 aromatic heterocycles. The van der Waals surface area contributed by atoms with Crippen LogP contribution < -0.4 is 10.6 Å². The van der Waals surface area contributed by atoms with E-state index in [1.54, 1.807) is 25.7 Å². The second kappa shape index (κ2) is 12.1. The molecule has 2 aromatic carbocycles. The molecule has 35 heavy (non-hydrogen) atoms. The molecular weight excluding hydrogens is 462 g/mol. The number of nitrogens with one attached hydrogen (secondary N) is 2. The van der Waals surface area contributed by atoms with E-state index in [-0.39, 0.29) is 23.6 Å². The third-order valence-corrected chi connectivity index (χ3v) is 6.21. The van der Waals surface area contributed by atoms with Crippen LogP contribution in [0.1, 0.15) is 57.2 Å². The Morgan fingerprint density at radius 3 is 2.14 bits per heavy atom. The number of alkyl carbamates (subject to hydrolysis) is 1. The molecule has 0 aliphatic heterocycles. The van der Waals surface area contributed by atoms with E-state index < -0.39 is 23.8 Å². The number of benzene rings is 2. The normalized spacial score (nSPS) is 15.3. The number of rotatable bonds is 9. The van der Waals surface area contributed by atoms with E-state index in [2.05, 4.69) is 23.3 Å². The van der Waals surface area contributed by atoms with Crippen LogP contribution in [0.15, 0.2) is 60.7 Å². The Bertz CT molecular complexity index is 990. The van der Waals surface area contributed by atoms with E-state index in [1.807, 2.05) is 60.7 Å². The van der Waals surface area contributed by atoms with Crippen molar-refractivity contribution in [2.24, 2.45) is 0 Å². The van der Waals surface area contributed by atoms with Gasteiger partial charge < -0.3 is 20.3 Å². The van der Waals surface area contributed by atoms with Crippen molar-refractivity contribution in [3.05, 3.63) is 71.8 Å². The Labute approximate surface area is 213 Å². The zero-order valence-corrected chi connectivity index (χ0v) is 21.5. The zero-order valence-electron chi connectivity index (χ0n) is 20.6. The Balaban J connectivity index is 1.88. The minimum absolute atomic E-state index is 0.0778. The Kier molecular flexibility index (Phi) is 9.20. The van der Waals surface area contributed by atoms with Gasteiger partial charge in [0.25, 0.3) is 0 Å². The summed E-state index contributed by atoms with van der Waals surface area (Å²) in [5.74, 6) is -0.538. The summed E-state index contributed by atoms with van der Waals surface area (Å²) in [4.78, 5) is 41.5. The summed E-state index contributed by atoms with van der Waals surface area (Å²) >= 11 is 4.33. The summed E-state index contributed by atoms with van der Waals surface area (Å²) in [5, 5.41) is 5.65. The standard InChI is InChI=1S/C27H35N3O4S/c1-27(2,3)34-26(33)29-22(18-35)25(32)30(21-15-10-16-21)23(20-13-8-5-9-14-20)24(31)28-17-19-11-6-4-7-12-19/h4-9,11-14,21-23,35H,10,15-18H2,1-3H3,(H,28,31)(H,29,33). The highest BCUT2D eigenvalue weighted by molar-refractivity contribution is 7.80. The second-order valence-electron chi connectivity index (χ2n) is 9.73. The SMILES string of the molecule is CC(C)(C)OC(=O)NC(CS)C(=O)N(C1CCC1)C(C(=O)NCc1ccccc1)c1ccccc1. The topological polar surface area (TPSA) is 87.7 Å². The van der Waals surface area contributed by atoms with E-state index in [1.165, 1.54) is 0 Å². The molecule has 1 aliphatic rings. The zero-order chi connectivity index (χ0) is 25.4. The van der Waals surface area contributed by atoms with Crippen LogP contribution in [-0.4, -0.2) is 46.2 Å². The van der Waals surface area contributed by atoms with Crippen LogP contribution in [0.2, 0.25) is 0 Å². The van der Waals surface area contributed by atoms with Crippen LogP contribution in [0.4, 0.5) is 4.79 Å². The predicted octanol–water partition coefficient (Wildman–Crippen LogP) is 4.25. The lowest BCUT2D eigenvalue weighted by Gasteiger charge is -2.43. The first-order valence-electron chi connectivity index (χ1n) is 12.0. The molecule has 2 atom stereocenters. The van der Waals surface area contributed by atoms with E-state index in [0.717, 1.165) is 24.8 Å². The maximum atomic E-state index is 13.8. The lowest BCUT2D eigenvalue weighted by atomic mass is 9.88. The number of ether oxygens (including phenoxy) is 1. The van der Waals surface area contributed by atoms with E-state index in [9.17, 15) is 14.4 Å². The summed E-state index contributed by atoms with van der Waals surface area (Å²) in [6.07, 6.45) is 1.88. The van der Waals surface area contributed by atoms with Gasteiger partial charge in [0.2, 0.25) is 11.8 Å². The number of amides is 3. The molecule has 8 heteroatoms. The van der Waals surface area contributed by atoms with Gasteiger partial charge in [0, 0.05) is 18.3 Å². The Morgan fingerprint density at radius 1 is 1.03 bits per heavy atom. The highest BCUT2D eigenvalue weighted by atomic mass is 32.1. The smallest absolute Gasteiger partial charge is 0.408 e. The molecule has 3 amide bonds. The van der Waals surface area contributed by atoms with Crippen molar-refractivity contribution in [1.82, 2.24) is 15.5 Å². The first-order chi connectivity index (χ1) is 16.7.